The molecule has 25 heavy (non-hydrogen) atoms. The van der Waals surface area contributed by atoms with Crippen LogP contribution < -0.4 is 14.4 Å². The van der Waals surface area contributed by atoms with Gasteiger partial charge in [-0.25, -0.2) is 8.42 Å². The molecule has 0 aromatic heterocycles. The Bertz CT molecular complexity index is 924. The van der Waals surface area contributed by atoms with Crippen LogP contribution in [0.1, 0.15) is 10.4 Å². The number of hydrogen-bond acceptors (Lipinski definition) is 4. The predicted octanol–water partition coefficient (Wildman–Crippen LogP) is 3.40. The molecule has 1 aliphatic heterocycles. The number of carbonyl (C=O) groups is 1. The lowest BCUT2D eigenvalue weighted by Crippen LogP contribution is -2.37. The number of rotatable bonds is 3. The topological polar surface area (TPSA) is 75.7 Å². The summed E-state index contributed by atoms with van der Waals surface area (Å²) in [6.45, 7) is 0.756. The van der Waals surface area contributed by atoms with Gasteiger partial charge in [-0.2, -0.15) is 0 Å². The van der Waals surface area contributed by atoms with Gasteiger partial charge in [-0.1, -0.05) is 35.3 Å². The minimum atomic E-state index is -3.55. The van der Waals surface area contributed by atoms with Crippen molar-refractivity contribution in [2.24, 2.45) is 0 Å². The summed E-state index contributed by atoms with van der Waals surface area (Å²) in [7, 11) is -3.55. The van der Waals surface area contributed by atoms with Gasteiger partial charge in [0.05, 0.1) is 34.2 Å². The van der Waals surface area contributed by atoms with E-state index in [9.17, 15) is 13.2 Å². The SMILES string of the molecule is CS(=O)(=O)Nc1c(Cl)cc(C(=O)N2CCOc3ccccc32)cc1Cl. The predicted molar refractivity (Wildman–Crippen MR) is 98.5 cm³/mol. The Balaban J connectivity index is 1.97. The minimum Gasteiger partial charge on any atom is -0.490 e. The number of benzene rings is 2. The van der Waals surface area contributed by atoms with Gasteiger partial charge in [-0.15, -0.1) is 0 Å². The molecular formula is C16H14Cl2N2O4S. The first kappa shape index (κ1) is 17.8. The van der Waals surface area contributed by atoms with E-state index in [0.717, 1.165) is 6.26 Å². The van der Waals surface area contributed by atoms with Gasteiger partial charge < -0.3 is 9.64 Å². The van der Waals surface area contributed by atoms with E-state index in [1.165, 1.54) is 12.1 Å². The van der Waals surface area contributed by atoms with Crippen LogP contribution in [0.15, 0.2) is 36.4 Å². The lowest BCUT2D eigenvalue weighted by Gasteiger charge is -2.29. The minimum absolute atomic E-state index is 0.0443. The zero-order valence-electron chi connectivity index (χ0n) is 13.1. The van der Waals surface area contributed by atoms with Crippen LogP contribution in [0.25, 0.3) is 0 Å². The van der Waals surface area contributed by atoms with Crippen molar-refractivity contribution in [1.29, 1.82) is 0 Å². The second-order valence-corrected chi connectivity index (χ2v) is 8.02. The second kappa shape index (κ2) is 6.74. The molecule has 1 aliphatic rings. The largest absolute Gasteiger partial charge is 0.490 e. The van der Waals surface area contributed by atoms with Gasteiger partial charge in [0.2, 0.25) is 10.0 Å². The fraction of sp³-hybridized carbons (Fsp3) is 0.188. The van der Waals surface area contributed by atoms with Crippen LogP contribution in [-0.4, -0.2) is 33.7 Å². The Morgan fingerprint density at radius 2 is 1.84 bits per heavy atom. The maximum Gasteiger partial charge on any atom is 0.258 e. The van der Waals surface area contributed by atoms with E-state index in [-0.39, 0.29) is 27.2 Å². The maximum absolute atomic E-state index is 12.9. The molecule has 0 saturated carbocycles. The lowest BCUT2D eigenvalue weighted by atomic mass is 10.1. The molecule has 0 fully saturated rings. The van der Waals surface area contributed by atoms with Gasteiger partial charge in [-0.05, 0) is 24.3 Å². The Morgan fingerprint density at radius 1 is 1.20 bits per heavy atom. The standard InChI is InChI=1S/C16H14Cl2N2O4S/c1-25(22,23)19-15-11(17)8-10(9-12(15)18)16(21)20-6-7-24-14-5-3-2-4-13(14)20/h2-5,8-9,19H,6-7H2,1H3. The average Bonchev–Trinajstić information content (AvgIpc) is 2.56. The normalized spacial score (nSPS) is 13.8. The second-order valence-electron chi connectivity index (χ2n) is 5.46. The fourth-order valence-corrected chi connectivity index (χ4v) is 3.80. The summed E-state index contributed by atoms with van der Waals surface area (Å²) in [5.74, 6) is 0.320. The smallest absolute Gasteiger partial charge is 0.258 e. The summed E-state index contributed by atoms with van der Waals surface area (Å²) >= 11 is 12.2. The van der Waals surface area contributed by atoms with Crippen molar-refractivity contribution in [1.82, 2.24) is 0 Å². The number of carbonyl (C=O) groups excluding carboxylic acids is 1. The number of anilines is 2. The number of fused-ring (bicyclic) bond motifs is 1. The highest BCUT2D eigenvalue weighted by molar-refractivity contribution is 7.92. The van der Waals surface area contributed by atoms with Crippen LogP contribution in [-0.2, 0) is 10.0 Å². The first-order valence-electron chi connectivity index (χ1n) is 7.27. The molecule has 2 aromatic rings. The number of sulfonamides is 1. The summed E-state index contributed by atoms with van der Waals surface area (Å²) in [4.78, 5) is 14.5. The first-order chi connectivity index (χ1) is 11.8. The molecule has 1 amide bonds. The zero-order chi connectivity index (χ0) is 18.2. The van der Waals surface area contributed by atoms with Crippen molar-refractivity contribution >= 4 is 50.5 Å². The lowest BCUT2D eigenvalue weighted by molar-refractivity contribution is 0.0976. The van der Waals surface area contributed by atoms with Gasteiger partial charge in [0.15, 0.2) is 0 Å². The Kier molecular flexibility index (Phi) is 4.81. The third-order valence-corrected chi connectivity index (χ3v) is 4.72. The molecule has 132 valence electrons. The maximum atomic E-state index is 12.9. The van der Waals surface area contributed by atoms with Gasteiger partial charge in [-0.3, -0.25) is 9.52 Å². The summed E-state index contributed by atoms with van der Waals surface area (Å²) in [5, 5.41) is 0.0886. The molecule has 9 heteroatoms. The van der Waals surface area contributed by atoms with Crippen LogP contribution in [0, 0.1) is 0 Å². The van der Waals surface area contributed by atoms with E-state index in [1.54, 1.807) is 17.0 Å². The van der Waals surface area contributed by atoms with Crippen LogP contribution in [0.5, 0.6) is 5.75 Å². The van der Waals surface area contributed by atoms with Crippen molar-refractivity contribution in [2.75, 3.05) is 29.0 Å². The van der Waals surface area contributed by atoms with Crippen molar-refractivity contribution in [3.8, 4) is 5.75 Å². The van der Waals surface area contributed by atoms with Gasteiger partial charge in [0, 0.05) is 5.56 Å². The number of halogens is 2. The molecule has 6 nitrogen and oxygen atoms in total. The summed E-state index contributed by atoms with van der Waals surface area (Å²) < 4.78 is 30.6. The van der Waals surface area contributed by atoms with E-state index >= 15 is 0 Å². The monoisotopic (exact) mass is 400 g/mol. The third kappa shape index (κ3) is 3.84. The Labute approximate surface area is 155 Å². The highest BCUT2D eigenvalue weighted by Gasteiger charge is 2.25. The van der Waals surface area contributed by atoms with E-state index in [4.69, 9.17) is 27.9 Å². The number of nitrogens with one attached hydrogen (secondary N) is 1. The van der Waals surface area contributed by atoms with Crippen LogP contribution in [0.3, 0.4) is 0 Å². The van der Waals surface area contributed by atoms with Crippen molar-refractivity contribution in [2.45, 2.75) is 0 Å². The number of nitrogens with zero attached hydrogens (tertiary/aromatic N) is 1. The fourth-order valence-electron chi connectivity index (χ4n) is 2.52. The van der Waals surface area contributed by atoms with Gasteiger partial charge in [0.1, 0.15) is 12.4 Å². The molecule has 0 unspecified atom stereocenters. The molecule has 0 atom stereocenters. The molecule has 3 rings (SSSR count). The molecule has 0 saturated heterocycles. The summed E-state index contributed by atoms with van der Waals surface area (Å²) in [6.07, 6.45) is 0.989. The number of hydrogen-bond donors (Lipinski definition) is 1. The molecule has 0 bridgehead atoms. The average molecular weight is 401 g/mol. The summed E-state index contributed by atoms with van der Waals surface area (Å²) in [5.41, 5.74) is 0.958. The van der Waals surface area contributed by atoms with Crippen LogP contribution in [0.2, 0.25) is 10.0 Å². The Morgan fingerprint density at radius 3 is 2.48 bits per heavy atom. The van der Waals surface area contributed by atoms with E-state index < -0.39 is 10.0 Å². The molecule has 0 aliphatic carbocycles. The molecule has 1 N–H and O–H groups in total. The van der Waals surface area contributed by atoms with Crippen LogP contribution in [0.4, 0.5) is 11.4 Å². The highest BCUT2D eigenvalue weighted by Crippen LogP contribution is 2.35. The molecular weight excluding hydrogens is 387 g/mol. The van der Waals surface area contributed by atoms with Gasteiger partial charge in [0.25, 0.3) is 5.91 Å². The van der Waals surface area contributed by atoms with Crippen LogP contribution >= 0.6 is 23.2 Å². The van der Waals surface area contributed by atoms with E-state index in [2.05, 4.69) is 4.72 Å². The van der Waals surface area contributed by atoms with Crippen molar-refractivity contribution in [3.63, 3.8) is 0 Å². The van der Waals surface area contributed by atoms with Gasteiger partial charge >= 0.3 is 0 Å². The third-order valence-electron chi connectivity index (χ3n) is 3.55. The molecule has 1 heterocycles. The number of ether oxygens (including phenoxy) is 1. The molecule has 0 radical (unpaired) electrons. The van der Waals surface area contributed by atoms with E-state index in [0.29, 0.717) is 24.6 Å². The number of amides is 1. The zero-order valence-corrected chi connectivity index (χ0v) is 15.5. The summed E-state index contributed by atoms with van der Waals surface area (Å²) in [6, 6.07) is 9.99. The van der Waals surface area contributed by atoms with E-state index in [1.807, 2.05) is 12.1 Å². The quantitative estimate of drug-likeness (QED) is 0.856. The van der Waals surface area contributed by atoms with Crippen molar-refractivity contribution in [3.05, 3.63) is 52.0 Å². The molecule has 2 aromatic carbocycles. The first-order valence-corrected chi connectivity index (χ1v) is 9.91. The number of para-hydroxylation sites is 2. The highest BCUT2D eigenvalue weighted by atomic mass is 35.5. The van der Waals surface area contributed by atoms with Crippen molar-refractivity contribution < 1.29 is 17.9 Å². The molecule has 0 spiro atoms. The Hall–Kier alpha value is -1.96.